The summed E-state index contributed by atoms with van der Waals surface area (Å²) in [5, 5.41) is 16.8. The third kappa shape index (κ3) is 3.58. The van der Waals surface area contributed by atoms with Crippen LogP contribution in [0.1, 0.15) is 5.89 Å². The first kappa shape index (κ1) is 16.7. The molecule has 0 radical (unpaired) electrons. The molecule has 0 saturated carbocycles. The lowest BCUT2D eigenvalue weighted by atomic mass is 10.2. The van der Waals surface area contributed by atoms with Crippen LogP contribution in [0.4, 0.5) is 11.4 Å². The van der Waals surface area contributed by atoms with Crippen molar-refractivity contribution >= 4 is 22.7 Å². The van der Waals surface area contributed by atoms with Crippen molar-refractivity contribution in [1.82, 2.24) is 15.0 Å². The largest absolute Gasteiger partial charge is 0.369 e. The lowest BCUT2D eigenvalue weighted by Gasteiger charge is -2.35. The maximum Gasteiger partial charge on any atom is 0.269 e. The molecule has 0 spiro atoms. The number of nitro benzene ring substituents is 1. The third-order valence-corrected chi connectivity index (χ3v) is 5.23. The highest BCUT2D eigenvalue weighted by Gasteiger charge is 2.20. The number of thiophene rings is 1. The van der Waals surface area contributed by atoms with Gasteiger partial charge in [-0.25, -0.2) is 0 Å². The van der Waals surface area contributed by atoms with Crippen LogP contribution in [0.2, 0.25) is 0 Å². The standard InChI is InChI=1S/C17H17N5O3S/c23-22(24)14-5-3-13(4-6-14)21-9-7-20(8-10-21)12-16-18-17(19-25-16)15-2-1-11-26-15/h1-6,11H,7-10,12H2. The van der Waals surface area contributed by atoms with E-state index in [0.717, 1.165) is 36.7 Å². The molecule has 3 heterocycles. The maximum atomic E-state index is 10.7. The number of nitro groups is 1. The highest BCUT2D eigenvalue weighted by Crippen LogP contribution is 2.23. The van der Waals surface area contributed by atoms with Crippen molar-refractivity contribution in [3.63, 3.8) is 0 Å². The quantitative estimate of drug-likeness (QED) is 0.503. The Kier molecular flexibility index (Phi) is 4.63. The second kappa shape index (κ2) is 7.22. The van der Waals surface area contributed by atoms with Gasteiger partial charge in [0.1, 0.15) is 0 Å². The molecule has 0 atom stereocenters. The van der Waals surface area contributed by atoms with E-state index in [1.165, 1.54) is 0 Å². The van der Waals surface area contributed by atoms with Crippen LogP contribution < -0.4 is 4.90 Å². The van der Waals surface area contributed by atoms with Crippen molar-refractivity contribution in [3.8, 4) is 10.7 Å². The zero-order chi connectivity index (χ0) is 17.9. The fourth-order valence-electron chi connectivity index (χ4n) is 2.97. The molecule has 0 aliphatic carbocycles. The maximum absolute atomic E-state index is 10.7. The molecule has 1 saturated heterocycles. The van der Waals surface area contributed by atoms with Gasteiger partial charge in [0.25, 0.3) is 5.69 Å². The number of hydrogen-bond donors (Lipinski definition) is 0. The van der Waals surface area contributed by atoms with Crippen LogP contribution in [0.25, 0.3) is 10.7 Å². The number of nitrogens with zero attached hydrogens (tertiary/aromatic N) is 5. The molecule has 1 aliphatic heterocycles. The lowest BCUT2D eigenvalue weighted by Crippen LogP contribution is -2.46. The van der Waals surface area contributed by atoms with E-state index < -0.39 is 0 Å². The van der Waals surface area contributed by atoms with Crippen LogP contribution in [0, 0.1) is 10.1 Å². The predicted octanol–water partition coefficient (Wildman–Crippen LogP) is 3.03. The molecular weight excluding hydrogens is 354 g/mol. The van der Waals surface area contributed by atoms with E-state index in [4.69, 9.17) is 4.52 Å². The minimum absolute atomic E-state index is 0.116. The Labute approximate surface area is 153 Å². The van der Waals surface area contributed by atoms with E-state index in [2.05, 4.69) is 19.9 Å². The van der Waals surface area contributed by atoms with Gasteiger partial charge in [-0.15, -0.1) is 11.3 Å². The number of rotatable bonds is 5. The monoisotopic (exact) mass is 371 g/mol. The van der Waals surface area contributed by atoms with Gasteiger partial charge in [-0.3, -0.25) is 15.0 Å². The molecule has 9 heteroatoms. The average Bonchev–Trinajstić information content (AvgIpc) is 3.34. The van der Waals surface area contributed by atoms with Crippen molar-refractivity contribution in [2.45, 2.75) is 6.54 Å². The Morgan fingerprint density at radius 2 is 1.92 bits per heavy atom. The minimum atomic E-state index is -0.378. The predicted molar refractivity (Wildman–Crippen MR) is 98.2 cm³/mol. The van der Waals surface area contributed by atoms with Crippen molar-refractivity contribution in [1.29, 1.82) is 0 Å². The normalized spacial score (nSPS) is 15.3. The summed E-state index contributed by atoms with van der Waals surface area (Å²) >= 11 is 1.59. The Hall–Kier alpha value is -2.78. The van der Waals surface area contributed by atoms with Crippen LogP contribution >= 0.6 is 11.3 Å². The number of aromatic nitrogens is 2. The topological polar surface area (TPSA) is 88.5 Å². The number of non-ortho nitro benzene ring substituents is 1. The Bertz CT molecular complexity index is 870. The van der Waals surface area contributed by atoms with Crippen LogP contribution in [-0.4, -0.2) is 46.1 Å². The first-order chi connectivity index (χ1) is 12.7. The summed E-state index contributed by atoms with van der Waals surface area (Å²) in [5.41, 5.74) is 1.12. The fourth-order valence-corrected chi connectivity index (χ4v) is 3.61. The van der Waals surface area contributed by atoms with Gasteiger partial charge in [-0.1, -0.05) is 11.2 Å². The summed E-state index contributed by atoms with van der Waals surface area (Å²) in [6, 6.07) is 10.6. The van der Waals surface area contributed by atoms with E-state index in [9.17, 15) is 10.1 Å². The van der Waals surface area contributed by atoms with Gasteiger partial charge < -0.3 is 9.42 Å². The molecule has 0 amide bonds. The van der Waals surface area contributed by atoms with Crippen molar-refractivity contribution in [2.75, 3.05) is 31.1 Å². The Morgan fingerprint density at radius 1 is 1.15 bits per heavy atom. The SMILES string of the molecule is O=[N+]([O-])c1ccc(N2CCN(Cc3nc(-c4cccs4)no3)CC2)cc1. The molecule has 0 unspecified atom stereocenters. The van der Waals surface area contributed by atoms with Crippen LogP contribution in [-0.2, 0) is 6.54 Å². The molecule has 1 fully saturated rings. The van der Waals surface area contributed by atoms with E-state index in [1.807, 2.05) is 17.5 Å². The summed E-state index contributed by atoms with van der Waals surface area (Å²) in [4.78, 5) is 20.3. The summed E-state index contributed by atoms with van der Waals surface area (Å²) in [6.07, 6.45) is 0. The molecule has 26 heavy (non-hydrogen) atoms. The van der Waals surface area contributed by atoms with Gasteiger partial charge in [0, 0.05) is 44.0 Å². The highest BCUT2D eigenvalue weighted by molar-refractivity contribution is 7.13. The zero-order valence-electron chi connectivity index (χ0n) is 13.9. The van der Waals surface area contributed by atoms with Crippen molar-refractivity contribution in [2.24, 2.45) is 0 Å². The van der Waals surface area contributed by atoms with Gasteiger partial charge in [0.15, 0.2) is 0 Å². The summed E-state index contributed by atoms with van der Waals surface area (Å²) in [6.45, 7) is 4.07. The second-order valence-electron chi connectivity index (χ2n) is 6.03. The summed E-state index contributed by atoms with van der Waals surface area (Å²) in [7, 11) is 0. The smallest absolute Gasteiger partial charge is 0.269 e. The molecule has 134 valence electrons. The first-order valence-electron chi connectivity index (χ1n) is 8.27. The van der Waals surface area contributed by atoms with Crippen LogP contribution in [0.3, 0.4) is 0 Å². The third-order valence-electron chi connectivity index (χ3n) is 4.37. The molecule has 1 aliphatic rings. The lowest BCUT2D eigenvalue weighted by molar-refractivity contribution is -0.384. The number of piperazine rings is 1. The first-order valence-corrected chi connectivity index (χ1v) is 9.15. The number of benzene rings is 1. The second-order valence-corrected chi connectivity index (χ2v) is 6.97. The highest BCUT2D eigenvalue weighted by atomic mass is 32.1. The molecular formula is C17H17N5O3S. The molecule has 0 bridgehead atoms. The van der Waals surface area contributed by atoms with Gasteiger partial charge in [-0.05, 0) is 23.6 Å². The van der Waals surface area contributed by atoms with E-state index in [-0.39, 0.29) is 10.6 Å². The van der Waals surface area contributed by atoms with Gasteiger partial charge in [-0.2, -0.15) is 4.98 Å². The van der Waals surface area contributed by atoms with E-state index in [0.29, 0.717) is 18.3 Å². The summed E-state index contributed by atoms with van der Waals surface area (Å²) in [5.74, 6) is 1.26. The van der Waals surface area contributed by atoms with Crippen molar-refractivity contribution in [3.05, 3.63) is 57.8 Å². The fraction of sp³-hybridized carbons (Fsp3) is 0.294. The van der Waals surface area contributed by atoms with E-state index >= 15 is 0 Å². The number of hydrogen-bond acceptors (Lipinski definition) is 8. The Balaban J connectivity index is 1.33. The Morgan fingerprint density at radius 3 is 2.58 bits per heavy atom. The minimum Gasteiger partial charge on any atom is -0.369 e. The molecule has 3 aromatic rings. The van der Waals surface area contributed by atoms with Gasteiger partial charge >= 0.3 is 0 Å². The zero-order valence-corrected chi connectivity index (χ0v) is 14.8. The molecule has 1 aromatic carbocycles. The van der Waals surface area contributed by atoms with Crippen molar-refractivity contribution < 1.29 is 9.45 Å². The van der Waals surface area contributed by atoms with Gasteiger partial charge in [0.2, 0.25) is 11.7 Å². The molecule has 4 rings (SSSR count). The average molecular weight is 371 g/mol. The number of anilines is 1. The summed E-state index contributed by atoms with van der Waals surface area (Å²) < 4.78 is 5.36. The van der Waals surface area contributed by atoms with Crippen LogP contribution in [0.15, 0.2) is 46.3 Å². The van der Waals surface area contributed by atoms with E-state index in [1.54, 1.807) is 35.6 Å². The molecule has 0 N–H and O–H groups in total. The molecule has 2 aromatic heterocycles. The van der Waals surface area contributed by atoms with Crippen LogP contribution in [0.5, 0.6) is 0 Å². The van der Waals surface area contributed by atoms with Gasteiger partial charge in [0.05, 0.1) is 16.3 Å². The molecule has 8 nitrogen and oxygen atoms in total.